The van der Waals surface area contributed by atoms with Crippen LogP contribution in [0.25, 0.3) is 0 Å². The summed E-state index contributed by atoms with van der Waals surface area (Å²) in [5.41, 5.74) is 0.294. The molecule has 0 saturated carbocycles. The van der Waals surface area contributed by atoms with Gasteiger partial charge in [-0.15, -0.1) is 0 Å². The van der Waals surface area contributed by atoms with Crippen molar-refractivity contribution in [3.63, 3.8) is 0 Å². The molecule has 1 atom stereocenters. The summed E-state index contributed by atoms with van der Waals surface area (Å²) >= 11 is 0. The minimum atomic E-state index is -0.577. The van der Waals surface area contributed by atoms with E-state index in [0.29, 0.717) is 11.4 Å². The third kappa shape index (κ3) is 5.72. The van der Waals surface area contributed by atoms with E-state index in [1.54, 1.807) is 26.2 Å². The maximum Gasteiger partial charge on any atom is 0.321 e. The predicted molar refractivity (Wildman–Crippen MR) is 82.5 cm³/mol. The Kier molecular flexibility index (Phi) is 5.58. The predicted octanol–water partition coefficient (Wildman–Crippen LogP) is 2.12. The van der Waals surface area contributed by atoms with Crippen molar-refractivity contribution in [2.45, 2.75) is 39.3 Å². The molecule has 0 unspecified atom stereocenters. The van der Waals surface area contributed by atoms with Gasteiger partial charge in [0.2, 0.25) is 5.91 Å². The number of methoxy groups -OCH3 is 1. The number of hydrogen-bond acceptors (Lipinski definition) is 4. The number of urea groups is 1. The van der Waals surface area contributed by atoms with Crippen LogP contribution < -0.4 is 20.7 Å². The summed E-state index contributed by atoms with van der Waals surface area (Å²) < 4.78 is 5.20. The van der Waals surface area contributed by atoms with Crippen LogP contribution in [0.1, 0.15) is 27.7 Å². The first-order valence-electron chi connectivity index (χ1n) is 6.75. The molecule has 0 radical (unpaired) electrons. The minimum Gasteiger partial charge on any atom is -0.495 e. The summed E-state index contributed by atoms with van der Waals surface area (Å²) in [6.45, 7) is 7.20. The number of carbonyl (C=O) groups is 2. The van der Waals surface area contributed by atoms with Gasteiger partial charge in [-0.3, -0.25) is 10.1 Å². The lowest BCUT2D eigenvalue weighted by atomic mass is 10.1. The second kappa shape index (κ2) is 6.97. The fraction of sp³-hybridized carbons (Fsp3) is 0.467. The molecule has 0 fully saturated rings. The number of nitrogens with one attached hydrogen (secondary N) is 3. The van der Waals surface area contributed by atoms with Crippen molar-refractivity contribution < 1.29 is 14.3 Å². The van der Waals surface area contributed by atoms with Gasteiger partial charge >= 0.3 is 6.03 Å². The number of amides is 3. The van der Waals surface area contributed by atoms with Gasteiger partial charge in [-0.1, -0.05) is 12.1 Å². The van der Waals surface area contributed by atoms with E-state index in [4.69, 9.17) is 4.74 Å². The van der Waals surface area contributed by atoms with Crippen molar-refractivity contribution in [3.05, 3.63) is 24.3 Å². The maximum absolute atomic E-state index is 12.0. The Morgan fingerprint density at radius 2 is 1.81 bits per heavy atom. The number of para-hydroxylation sites is 2. The van der Waals surface area contributed by atoms with Crippen LogP contribution in [0, 0.1) is 0 Å². The molecule has 0 aromatic heterocycles. The van der Waals surface area contributed by atoms with Crippen molar-refractivity contribution in [1.29, 1.82) is 0 Å². The Balaban J connectivity index is 2.61. The highest BCUT2D eigenvalue weighted by Crippen LogP contribution is 2.23. The lowest BCUT2D eigenvalue weighted by Gasteiger charge is -2.22. The number of ether oxygens (including phenoxy) is 1. The first-order valence-corrected chi connectivity index (χ1v) is 6.75. The average molecular weight is 293 g/mol. The molecule has 0 bridgehead atoms. The fourth-order valence-electron chi connectivity index (χ4n) is 1.65. The molecule has 6 heteroatoms. The molecule has 0 aliphatic carbocycles. The zero-order chi connectivity index (χ0) is 16.0. The topological polar surface area (TPSA) is 79.5 Å². The first kappa shape index (κ1) is 16.8. The molecule has 0 heterocycles. The van der Waals surface area contributed by atoms with Crippen LogP contribution in [0.5, 0.6) is 5.75 Å². The standard InChI is InChI=1S/C15H23N3O3/c1-10(13(19)17-14(20)18-15(2,3)4)16-11-8-6-7-9-12(11)21-5/h6-10,16H,1-5H3,(H2,17,18,19,20)/t10-/m1/s1. The molecule has 0 aliphatic heterocycles. The van der Waals surface area contributed by atoms with Gasteiger partial charge in [0.25, 0.3) is 0 Å². The van der Waals surface area contributed by atoms with E-state index in [9.17, 15) is 9.59 Å². The van der Waals surface area contributed by atoms with Crippen LogP contribution >= 0.6 is 0 Å². The van der Waals surface area contributed by atoms with Crippen molar-refractivity contribution in [2.24, 2.45) is 0 Å². The number of anilines is 1. The van der Waals surface area contributed by atoms with Gasteiger partial charge in [0.15, 0.2) is 0 Å². The first-order chi connectivity index (χ1) is 9.73. The Bertz CT molecular complexity index is 509. The zero-order valence-electron chi connectivity index (χ0n) is 13.1. The largest absolute Gasteiger partial charge is 0.495 e. The van der Waals surface area contributed by atoms with Gasteiger partial charge in [0.05, 0.1) is 12.8 Å². The van der Waals surface area contributed by atoms with E-state index < -0.39 is 23.5 Å². The second-order valence-corrected chi connectivity index (χ2v) is 5.76. The van der Waals surface area contributed by atoms with Gasteiger partial charge in [0.1, 0.15) is 11.8 Å². The van der Waals surface area contributed by atoms with Crippen LogP contribution in [0.2, 0.25) is 0 Å². The highest BCUT2D eigenvalue weighted by molar-refractivity contribution is 5.98. The van der Waals surface area contributed by atoms with Crippen LogP contribution in [0.15, 0.2) is 24.3 Å². The fourth-order valence-corrected chi connectivity index (χ4v) is 1.65. The highest BCUT2D eigenvalue weighted by Gasteiger charge is 2.19. The number of benzene rings is 1. The van der Waals surface area contributed by atoms with Crippen molar-refractivity contribution in [1.82, 2.24) is 10.6 Å². The van der Waals surface area contributed by atoms with Crippen molar-refractivity contribution in [2.75, 3.05) is 12.4 Å². The second-order valence-electron chi connectivity index (χ2n) is 5.76. The lowest BCUT2D eigenvalue weighted by Crippen LogP contribution is -2.51. The quantitative estimate of drug-likeness (QED) is 0.794. The lowest BCUT2D eigenvalue weighted by molar-refractivity contribution is -0.120. The van der Waals surface area contributed by atoms with E-state index >= 15 is 0 Å². The third-order valence-corrected chi connectivity index (χ3v) is 2.60. The Labute approximate surface area is 125 Å². The van der Waals surface area contributed by atoms with E-state index in [2.05, 4.69) is 16.0 Å². The third-order valence-electron chi connectivity index (χ3n) is 2.60. The molecule has 0 spiro atoms. The van der Waals surface area contributed by atoms with Gasteiger partial charge in [-0.2, -0.15) is 0 Å². The molecule has 6 nitrogen and oxygen atoms in total. The molecule has 1 aromatic carbocycles. The molecule has 21 heavy (non-hydrogen) atoms. The maximum atomic E-state index is 12.0. The number of rotatable bonds is 4. The molecule has 0 saturated heterocycles. The summed E-state index contributed by atoms with van der Waals surface area (Å²) in [6, 6.07) is 6.18. The smallest absolute Gasteiger partial charge is 0.321 e. The van der Waals surface area contributed by atoms with Crippen LogP contribution in [-0.4, -0.2) is 30.6 Å². The molecule has 1 aromatic rings. The summed E-state index contributed by atoms with van der Waals surface area (Å²) in [5.74, 6) is 0.221. The molecule has 116 valence electrons. The van der Waals surface area contributed by atoms with Crippen molar-refractivity contribution >= 4 is 17.6 Å². The van der Waals surface area contributed by atoms with E-state index in [0.717, 1.165) is 0 Å². The minimum absolute atomic E-state index is 0.399. The SMILES string of the molecule is COc1ccccc1N[C@H](C)C(=O)NC(=O)NC(C)(C)C. The van der Waals surface area contributed by atoms with Gasteiger partial charge in [-0.25, -0.2) is 4.79 Å². The summed E-state index contributed by atoms with van der Waals surface area (Å²) in [5, 5.41) is 7.98. The van der Waals surface area contributed by atoms with Crippen LogP contribution in [0.4, 0.5) is 10.5 Å². The van der Waals surface area contributed by atoms with Gasteiger partial charge in [-0.05, 0) is 39.8 Å². The Hall–Kier alpha value is -2.24. The number of imide groups is 1. The van der Waals surface area contributed by atoms with Crippen LogP contribution in [0.3, 0.4) is 0 Å². The summed E-state index contributed by atoms with van der Waals surface area (Å²) in [4.78, 5) is 23.6. The molecular formula is C15H23N3O3. The zero-order valence-corrected chi connectivity index (χ0v) is 13.1. The van der Waals surface area contributed by atoms with E-state index in [1.807, 2.05) is 32.9 Å². The van der Waals surface area contributed by atoms with E-state index in [-0.39, 0.29) is 0 Å². The number of hydrogen-bond donors (Lipinski definition) is 3. The summed E-state index contributed by atoms with van der Waals surface area (Å²) in [7, 11) is 1.56. The Morgan fingerprint density at radius 1 is 1.19 bits per heavy atom. The van der Waals surface area contributed by atoms with Crippen molar-refractivity contribution in [3.8, 4) is 5.75 Å². The molecule has 3 N–H and O–H groups in total. The molecule has 3 amide bonds. The van der Waals surface area contributed by atoms with Gasteiger partial charge in [0, 0.05) is 5.54 Å². The monoisotopic (exact) mass is 293 g/mol. The van der Waals surface area contributed by atoms with Gasteiger partial charge < -0.3 is 15.4 Å². The molecular weight excluding hydrogens is 270 g/mol. The number of carbonyl (C=O) groups excluding carboxylic acids is 2. The van der Waals surface area contributed by atoms with Crippen LogP contribution in [-0.2, 0) is 4.79 Å². The molecule has 1 rings (SSSR count). The highest BCUT2D eigenvalue weighted by atomic mass is 16.5. The van der Waals surface area contributed by atoms with E-state index in [1.165, 1.54) is 0 Å². The molecule has 0 aliphatic rings. The Morgan fingerprint density at radius 3 is 2.38 bits per heavy atom. The normalized spacial score (nSPS) is 12.2. The summed E-state index contributed by atoms with van der Waals surface area (Å²) in [6.07, 6.45) is 0. The average Bonchev–Trinajstić information content (AvgIpc) is 2.36.